The van der Waals surface area contributed by atoms with Crippen molar-refractivity contribution >= 4 is 40.5 Å². The molecule has 0 aromatic heterocycles. The summed E-state index contributed by atoms with van der Waals surface area (Å²) in [7, 11) is 0. The summed E-state index contributed by atoms with van der Waals surface area (Å²) in [5.41, 5.74) is 1.01. The lowest BCUT2D eigenvalue weighted by Gasteiger charge is -2.08. The smallest absolute Gasteiger partial charge is 0.271 e. The first-order valence-electron chi connectivity index (χ1n) is 6.44. The van der Waals surface area contributed by atoms with E-state index >= 15 is 0 Å². The average Bonchev–Trinajstić information content (AvgIpc) is 2.47. The summed E-state index contributed by atoms with van der Waals surface area (Å²) in [6, 6.07) is 10.9. The number of nitrogens with zero attached hydrogens (tertiary/aromatic N) is 1. The van der Waals surface area contributed by atoms with Gasteiger partial charge < -0.3 is 5.32 Å². The normalized spacial score (nSPS) is 10.3. The molecule has 22 heavy (non-hydrogen) atoms. The Morgan fingerprint density at radius 3 is 2.41 bits per heavy atom. The molecule has 0 fully saturated rings. The van der Waals surface area contributed by atoms with E-state index in [9.17, 15) is 14.9 Å². The lowest BCUT2D eigenvalue weighted by molar-refractivity contribution is -0.384. The van der Waals surface area contributed by atoms with Crippen LogP contribution in [0.5, 0.6) is 0 Å². The van der Waals surface area contributed by atoms with E-state index in [1.165, 1.54) is 18.2 Å². The first kappa shape index (κ1) is 16.3. The topological polar surface area (TPSA) is 72.2 Å². The van der Waals surface area contributed by atoms with E-state index in [0.29, 0.717) is 27.7 Å². The lowest BCUT2D eigenvalue weighted by Crippen LogP contribution is -2.12. The van der Waals surface area contributed by atoms with Crippen molar-refractivity contribution < 1.29 is 9.72 Å². The Labute approximate surface area is 137 Å². The van der Waals surface area contributed by atoms with E-state index in [-0.39, 0.29) is 18.0 Å². The van der Waals surface area contributed by atoms with Gasteiger partial charge >= 0.3 is 0 Å². The summed E-state index contributed by atoms with van der Waals surface area (Å²) >= 11 is 12.1. The van der Waals surface area contributed by atoms with Crippen molar-refractivity contribution in [1.29, 1.82) is 0 Å². The first-order valence-corrected chi connectivity index (χ1v) is 7.20. The third-order valence-electron chi connectivity index (χ3n) is 3.00. The standard InChI is InChI=1S/C15H12Cl2N2O3/c16-13-5-2-6-14(17)12(13)7-8-15(20)18-10-3-1-4-11(9-10)19(21)22/h1-6,9H,7-8H2,(H,18,20). The Morgan fingerprint density at radius 1 is 1.14 bits per heavy atom. The Hall–Kier alpha value is -2.11. The lowest BCUT2D eigenvalue weighted by atomic mass is 10.1. The summed E-state index contributed by atoms with van der Waals surface area (Å²) in [4.78, 5) is 22.1. The molecule has 0 saturated carbocycles. The molecule has 0 aliphatic carbocycles. The summed E-state index contributed by atoms with van der Waals surface area (Å²) in [5.74, 6) is -0.267. The van der Waals surface area contributed by atoms with Crippen molar-refractivity contribution in [2.24, 2.45) is 0 Å². The largest absolute Gasteiger partial charge is 0.326 e. The van der Waals surface area contributed by atoms with Gasteiger partial charge in [-0.1, -0.05) is 35.3 Å². The van der Waals surface area contributed by atoms with Gasteiger partial charge in [0.15, 0.2) is 0 Å². The molecule has 0 aliphatic rings. The zero-order valence-corrected chi connectivity index (χ0v) is 12.9. The highest BCUT2D eigenvalue weighted by Gasteiger charge is 2.10. The van der Waals surface area contributed by atoms with Gasteiger partial charge in [0, 0.05) is 34.3 Å². The molecule has 0 aliphatic heterocycles. The van der Waals surface area contributed by atoms with Crippen LogP contribution in [0, 0.1) is 10.1 Å². The van der Waals surface area contributed by atoms with Crippen LogP contribution in [0.25, 0.3) is 0 Å². The molecule has 0 saturated heterocycles. The third-order valence-corrected chi connectivity index (χ3v) is 3.71. The number of rotatable bonds is 5. The number of nitro groups is 1. The minimum absolute atomic E-state index is 0.0769. The fourth-order valence-corrected chi connectivity index (χ4v) is 2.52. The van der Waals surface area contributed by atoms with Crippen LogP contribution >= 0.6 is 23.2 Å². The van der Waals surface area contributed by atoms with E-state index in [4.69, 9.17) is 23.2 Å². The first-order chi connectivity index (χ1) is 10.5. The SMILES string of the molecule is O=C(CCc1c(Cl)cccc1Cl)Nc1cccc([N+](=O)[O-])c1. The molecule has 0 heterocycles. The number of anilines is 1. The van der Waals surface area contributed by atoms with E-state index < -0.39 is 4.92 Å². The minimum atomic E-state index is -0.515. The van der Waals surface area contributed by atoms with E-state index in [2.05, 4.69) is 5.32 Å². The Bertz CT molecular complexity index is 699. The average molecular weight is 339 g/mol. The number of carbonyl (C=O) groups is 1. The van der Waals surface area contributed by atoms with E-state index in [1.54, 1.807) is 24.3 Å². The molecule has 0 unspecified atom stereocenters. The highest BCUT2D eigenvalue weighted by molar-refractivity contribution is 6.36. The van der Waals surface area contributed by atoms with Gasteiger partial charge in [0.2, 0.25) is 5.91 Å². The molecule has 7 heteroatoms. The van der Waals surface area contributed by atoms with Crippen LogP contribution in [0.3, 0.4) is 0 Å². The van der Waals surface area contributed by atoms with Crippen LogP contribution in [-0.4, -0.2) is 10.8 Å². The number of carbonyl (C=O) groups excluding carboxylic acids is 1. The van der Waals surface area contributed by atoms with E-state index in [0.717, 1.165) is 0 Å². The van der Waals surface area contributed by atoms with Gasteiger partial charge in [0.1, 0.15) is 0 Å². The number of nitro benzene ring substituents is 1. The van der Waals surface area contributed by atoms with Gasteiger partial charge in [0.05, 0.1) is 4.92 Å². The molecule has 2 aromatic rings. The van der Waals surface area contributed by atoms with Gasteiger partial charge in [-0.15, -0.1) is 0 Å². The Morgan fingerprint density at radius 2 is 1.77 bits per heavy atom. The van der Waals surface area contributed by atoms with Gasteiger partial charge in [-0.25, -0.2) is 0 Å². The second-order valence-corrected chi connectivity index (χ2v) is 5.37. The highest BCUT2D eigenvalue weighted by atomic mass is 35.5. The molecular weight excluding hydrogens is 327 g/mol. The fourth-order valence-electron chi connectivity index (χ4n) is 1.93. The second-order valence-electron chi connectivity index (χ2n) is 4.56. The monoisotopic (exact) mass is 338 g/mol. The Kier molecular flexibility index (Phi) is 5.35. The van der Waals surface area contributed by atoms with Gasteiger partial charge in [0.25, 0.3) is 5.69 Å². The van der Waals surface area contributed by atoms with E-state index in [1.807, 2.05) is 0 Å². The Balaban J connectivity index is 1.99. The molecule has 114 valence electrons. The summed E-state index contributed by atoms with van der Waals surface area (Å²) in [6.07, 6.45) is 0.561. The zero-order valence-electron chi connectivity index (χ0n) is 11.4. The molecule has 0 spiro atoms. The number of amides is 1. The minimum Gasteiger partial charge on any atom is -0.326 e. The van der Waals surface area contributed by atoms with Crippen LogP contribution in [0.4, 0.5) is 11.4 Å². The number of halogens is 2. The van der Waals surface area contributed by atoms with Crippen LogP contribution in [-0.2, 0) is 11.2 Å². The predicted molar refractivity (Wildman–Crippen MR) is 86.5 cm³/mol. The van der Waals surface area contributed by atoms with Gasteiger partial charge in [-0.3, -0.25) is 14.9 Å². The number of hydrogen-bond donors (Lipinski definition) is 1. The van der Waals surface area contributed by atoms with Crippen LogP contribution in [0.15, 0.2) is 42.5 Å². The van der Waals surface area contributed by atoms with Crippen molar-refractivity contribution in [1.82, 2.24) is 0 Å². The number of hydrogen-bond acceptors (Lipinski definition) is 3. The number of non-ortho nitro benzene ring substituents is 1. The fraction of sp³-hybridized carbons (Fsp3) is 0.133. The highest BCUT2D eigenvalue weighted by Crippen LogP contribution is 2.25. The van der Waals surface area contributed by atoms with Crippen LogP contribution < -0.4 is 5.32 Å². The van der Waals surface area contributed by atoms with Crippen molar-refractivity contribution in [3.8, 4) is 0 Å². The predicted octanol–water partition coefficient (Wildman–Crippen LogP) is 4.47. The molecule has 5 nitrogen and oxygen atoms in total. The van der Waals surface area contributed by atoms with Gasteiger partial charge in [-0.2, -0.15) is 0 Å². The zero-order chi connectivity index (χ0) is 16.1. The number of benzene rings is 2. The maximum atomic E-state index is 11.9. The second kappa shape index (κ2) is 7.24. The summed E-state index contributed by atoms with van der Waals surface area (Å²) in [6.45, 7) is 0. The third kappa shape index (κ3) is 4.19. The van der Waals surface area contributed by atoms with Gasteiger partial charge in [-0.05, 0) is 30.2 Å². The molecule has 0 bridgehead atoms. The molecule has 0 atom stereocenters. The molecular formula is C15H12Cl2N2O3. The maximum Gasteiger partial charge on any atom is 0.271 e. The van der Waals surface area contributed by atoms with Crippen molar-refractivity contribution in [2.75, 3.05) is 5.32 Å². The molecule has 1 amide bonds. The maximum absolute atomic E-state index is 11.9. The van der Waals surface area contributed by atoms with Crippen molar-refractivity contribution in [3.05, 3.63) is 68.2 Å². The van der Waals surface area contributed by atoms with Crippen LogP contribution in [0.1, 0.15) is 12.0 Å². The molecule has 2 aromatic carbocycles. The molecule has 2 rings (SSSR count). The summed E-state index contributed by atoms with van der Waals surface area (Å²) in [5, 5.41) is 14.3. The van der Waals surface area contributed by atoms with Crippen molar-refractivity contribution in [3.63, 3.8) is 0 Å². The quantitative estimate of drug-likeness (QED) is 0.645. The van der Waals surface area contributed by atoms with Crippen molar-refractivity contribution in [2.45, 2.75) is 12.8 Å². The molecule has 1 N–H and O–H groups in total. The molecule has 0 radical (unpaired) electrons. The summed E-state index contributed by atoms with van der Waals surface area (Å²) < 4.78 is 0. The van der Waals surface area contributed by atoms with Crippen LogP contribution in [0.2, 0.25) is 10.0 Å². The number of nitrogens with one attached hydrogen (secondary N) is 1.